The molecule has 6 nitrogen and oxygen atoms in total. The van der Waals surface area contributed by atoms with E-state index in [1.165, 1.54) is 0 Å². The molecule has 1 atom stereocenters. The van der Waals surface area contributed by atoms with Gasteiger partial charge in [0.05, 0.1) is 0 Å². The zero-order valence-electron chi connectivity index (χ0n) is 20.9. The first kappa shape index (κ1) is 22.5. The maximum absolute atomic E-state index is 13.9. The lowest BCUT2D eigenvalue weighted by atomic mass is 9.75. The Labute approximate surface area is 219 Å². The zero-order chi connectivity index (χ0) is 26.3. The van der Waals surface area contributed by atoms with Crippen LogP contribution in [0.25, 0.3) is 0 Å². The van der Waals surface area contributed by atoms with Crippen molar-refractivity contribution in [3.8, 4) is 0 Å². The quantitative estimate of drug-likeness (QED) is 0.373. The third kappa shape index (κ3) is 2.69. The molecule has 0 aromatic heterocycles. The topological polar surface area (TPSA) is 74.5 Å². The number of allylic oxidation sites excluding steroid dienone is 2. The lowest BCUT2D eigenvalue weighted by Crippen LogP contribution is -2.52. The van der Waals surface area contributed by atoms with Gasteiger partial charge < -0.3 is 4.90 Å². The van der Waals surface area contributed by atoms with Crippen LogP contribution in [0.2, 0.25) is 0 Å². The van der Waals surface area contributed by atoms with Crippen LogP contribution in [0.5, 0.6) is 0 Å². The van der Waals surface area contributed by atoms with Gasteiger partial charge in [-0.05, 0) is 32.1 Å². The van der Waals surface area contributed by atoms with Crippen molar-refractivity contribution < 1.29 is 23.8 Å². The van der Waals surface area contributed by atoms with Crippen LogP contribution in [0.4, 0.5) is 11.4 Å². The number of hydrogen-bond donors (Lipinski definition) is 0. The molecule has 3 aliphatic carbocycles. The third-order valence-corrected chi connectivity index (χ3v) is 8.07. The van der Waals surface area contributed by atoms with Crippen molar-refractivity contribution in [2.24, 2.45) is 0 Å². The first-order valence-corrected chi connectivity index (χ1v) is 12.8. The number of likely N-dealkylation sites (N-methyl/N-ethyl adjacent to an activating group) is 1. The van der Waals surface area contributed by atoms with Crippen molar-refractivity contribution in [1.82, 2.24) is 0 Å². The fourth-order valence-electron chi connectivity index (χ4n) is 6.44. The Bertz CT molecular complexity index is 1770. The van der Waals surface area contributed by atoms with E-state index >= 15 is 0 Å². The molecule has 4 aliphatic rings. The molecule has 3 aromatic carbocycles. The molecule has 0 saturated carbocycles. The van der Waals surface area contributed by atoms with E-state index in [0.29, 0.717) is 63.3 Å². The number of fused-ring (bicyclic) bond motifs is 7. The summed E-state index contributed by atoms with van der Waals surface area (Å²) in [6.07, 6.45) is 3.62. The molecular weight excluding hydrogens is 476 g/mol. The molecule has 184 valence electrons. The maximum Gasteiger partial charge on any atom is 0.241 e. The Morgan fingerprint density at radius 3 is 1.92 bits per heavy atom. The molecule has 7 rings (SSSR count). The average Bonchev–Trinajstić information content (AvgIpc) is 2.96. The zero-order valence-corrected chi connectivity index (χ0v) is 20.9. The number of hydrogen-bond acceptors (Lipinski definition) is 5. The average molecular weight is 500 g/mol. The van der Waals surface area contributed by atoms with Crippen LogP contribution in [0.3, 0.4) is 0 Å². The lowest BCUT2D eigenvalue weighted by molar-refractivity contribution is -0.438. The Balaban J connectivity index is 1.50. The number of carbonyl (C=O) groups excluding carboxylic acids is 4. The molecule has 0 bridgehead atoms. The molecule has 6 heteroatoms. The minimum Gasteiger partial charge on any atom is -0.350 e. The van der Waals surface area contributed by atoms with Crippen LogP contribution < -0.4 is 4.90 Å². The van der Waals surface area contributed by atoms with Crippen LogP contribution >= 0.6 is 0 Å². The molecule has 1 unspecified atom stereocenters. The van der Waals surface area contributed by atoms with E-state index < -0.39 is 6.04 Å². The minimum atomic E-state index is -0.489. The first-order valence-electron chi connectivity index (χ1n) is 12.8. The Morgan fingerprint density at radius 2 is 1.29 bits per heavy atom. The van der Waals surface area contributed by atoms with E-state index in [2.05, 4.69) is 4.90 Å². The van der Waals surface area contributed by atoms with Gasteiger partial charge in [0.15, 0.2) is 17.3 Å². The summed E-state index contributed by atoms with van der Waals surface area (Å²) in [6.45, 7) is 5.02. The van der Waals surface area contributed by atoms with Crippen LogP contribution in [0.1, 0.15) is 66.4 Å². The number of ketones is 4. The highest BCUT2D eigenvalue weighted by atomic mass is 16.1. The normalized spacial score (nSPS) is 19.1. The summed E-state index contributed by atoms with van der Waals surface area (Å²) in [5, 5.41) is 0. The molecule has 0 radical (unpaired) electrons. The van der Waals surface area contributed by atoms with Gasteiger partial charge >= 0.3 is 0 Å². The van der Waals surface area contributed by atoms with Crippen molar-refractivity contribution in [3.05, 3.63) is 117 Å². The standard InChI is InChI=1S/C32H23N2O4/c1-3-33-23-15-13-22-26(32(38)20-12-8-6-10-18(20)30(22)36)28(23)34(4-2)24-16-14-21-25(27(24)33)31(37)19-11-7-5-9-17(19)29(21)35/h5-16,27H,3-4H2,1-2H3/q+1. The number of rotatable bonds is 2. The summed E-state index contributed by atoms with van der Waals surface area (Å²) < 4.78 is 2.03. The summed E-state index contributed by atoms with van der Waals surface area (Å²) in [6, 6.07) is 17.0. The second-order valence-electron chi connectivity index (χ2n) is 9.78. The maximum atomic E-state index is 13.9. The van der Waals surface area contributed by atoms with Crippen molar-refractivity contribution >= 4 is 40.2 Å². The Hall–Kier alpha value is -4.71. The van der Waals surface area contributed by atoms with Crippen LogP contribution in [0, 0.1) is 0 Å². The second kappa shape index (κ2) is 7.89. The number of carbonyl (C=O) groups is 4. The van der Waals surface area contributed by atoms with Gasteiger partial charge in [0.25, 0.3) is 0 Å². The molecule has 3 aromatic rings. The van der Waals surface area contributed by atoms with Gasteiger partial charge in [-0.1, -0.05) is 48.5 Å². The van der Waals surface area contributed by atoms with Gasteiger partial charge in [0.1, 0.15) is 23.8 Å². The smallest absolute Gasteiger partial charge is 0.241 e. The first-order chi connectivity index (χ1) is 18.5. The SMILES string of the molecule is CCN1c2ccc3c(c2[N+](CC)=C2C=CC4=C(C(=O)c5ccccc5C4=O)C21)C(=O)c1ccccc1C3=O. The lowest BCUT2D eigenvalue weighted by Gasteiger charge is -2.40. The number of anilines is 1. The predicted octanol–water partition coefficient (Wildman–Crippen LogP) is 4.72. The molecule has 1 aliphatic heterocycles. The molecule has 0 N–H and O–H groups in total. The van der Waals surface area contributed by atoms with Crippen LogP contribution in [-0.2, 0) is 0 Å². The summed E-state index contributed by atoms with van der Waals surface area (Å²) in [5.74, 6) is -0.660. The molecule has 1 heterocycles. The molecule has 0 fully saturated rings. The molecule has 38 heavy (non-hydrogen) atoms. The van der Waals surface area contributed by atoms with Crippen molar-refractivity contribution in [1.29, 1.82) is 0 Å². The second-order valence-corrected chi connectivity index (χ2v) is 9.78. The highest BCUT2D eigenvalue weighted by Crippen LogP contribution is 2.46. The monoisotopic (exact) mass is 499 g/mol. The Morgan fingerprint density at radius 1 is 0.684 bits per heavy atom. The van der Waals surface area contributed by atoms with Crippen molar-refractivity contribution in [2.75, 3.05) is 18.0 Å². The molecule has 0 saturated heterocycles. The number of nitrogens with zero attached hydrogens (tertiary/aromatic N) is 2. The van der Waals surface area contributed by atoms with Crippen LogP contribution in [-0.4, -0.2) is 52.6 Å². The van der Waals surface area contributed by atoms with E-state index in [0.717, 1.165) is 11.4 Å². The van der Waals surface area contributed by atoms with Gasteiger partial charge in [0, 0.05) is 51.6 Å². The summed E-state index contributed by atoms with van der Waals surface area (Å²) in [5.41, 5.74) is 5.57. The van der Waals surface area contributed by atoms with E-state index in [-0.39, 0.29) is 23.1 Å². The highest BCUT2D eigenvalue weighted by molar-refractivity contribution is 6.33. The van der Waals surface area contributed by atoms with Gasteiger partial charge in [-0.25, -0.2) is 0 Å². The largest absolute Gasteiger partial charge is 0.350 e. The van der Waals surface area contributed by atoms with E-state index in [1.54, 1.807) is 60.7 Å². The van der Waals surface area contributed by atoms with Crippen molar-refractivity contribution in [3.63, 3.8) is 0 Å². The minimum absolute atomic E-state index is 0.154. The van der Waals surface area contributed by atoms with Gasteiger partial charge in [-0.15, -0.1) is 0 Å². The third-order valence-electron chi connectivity index (χ3n) is 8.07. The fourth-order valence-corrected chi connectivity index (χ4v) is 6.44. The molecular formula is C32H23N2O4+. The summed E-state index contributed by atoms with van der Waals surface area (Å²) in [7, 11) is 0. The Kier molecular flexibility index (Phi) is 4.67. The predicted molar refractivity (Wildman–Crippen MR) is 143 cm³/mol. The van der Waals surface area contributed by atoms with E-state index in [4.69, 9.17) is 0 Å². The van der Waals surface area contributed by atoms with Gasteiger partial charge in [-0.2, -0.15) is 4.58 Å². The number of Topliss-reactive ketones (excluding diaryl/α,β-unsaturated/α-hetero) is 2. The summed E-state index contributed by atoms with van der Waals surface area (Å²) in [4.78, 5) is 56.8. The highest BCUT2D eigenvalue weighted by Gasteiger charge is 2.49. The van der Waals surface area contributed by atoms with Crippen LogP contribution in [0.15, 0.2) is 84.0 Å². The fraction of sp³-hybridized carbons (Fsp3) is 0.156. The molecule has 0 spiro atoms. The summed E-state index contributed by atoms with van der Waals surface area (Å²) >= 11 is 0. The van der Waals surface area contributed by atoms with Crippen molar-refractivity contribution in [2.45, 2.75) is 19.9 Å². The number of benzene rings is 3. The van der Waals surface area contributed by atoms with E-state index in [9.17, 15) is 19.2 Å². The van der Waals surface area contributed by atoms with E-state index in [1.807, 2.05) is 30.6 Å². The van der Waals surface area contributed by atoms with Gasteiger partial charge in [-0.3, -0.25) is 19.2 Å². The van der Waals surface area contributed by atoms with Gasteiger partial charge in [0.2, 0.25) is 17.2 Å². The molecule has 0 amide bonds.